The fourth-order valence-electron chi connectivity index (χ4n) is 3.03. The van der Waals surface area contributed by atoms with Crippen LogP contribution in [0.1, 0.15) is 18.4 Å². The van der Waals surface area contributed by atoms with E-state index in [0.29, 0.717) is 31.5 Å². The van der Waals surface area contributed by atoms with Gasteiger partial charge in [0.15, 0.2) is 11.6 Å². The number of ketones is 1. The van der Waals surface area contributed by atoms with Gasteiger partial charge in [-0.15, -0.1) is 0 Å². The highest BCUT2D eigenvalue weighted by Crippen LogP contribution is 2.37. The topological polar surface area (TPSA) is 29.1 Å². The van der Waals surface area contributed by atoms with Crippen molar-refractivity contribution in [1.82, 2.24) is 5.32 Å². The molecule has 0 aromatic heterocycles. The van der Waals surface area contributed by atoms with E-state index < -0.39 is 11.2 Å². The molecule has 1 aromatic carbocycles. The number of hydrogen-bond donors (Lipinski definition) is 1. The van der Waals surface area contributed by atoms with Crippen molar-refractivity contribution in [2.24, 2.45) is 0 Å². The molecule has 1 fully saturated rings. The minimum atomic E-state index is -0.721. The maximum atomic E-state index is 13.2. The first-order valence-corrected chi connectivity index (χ1v) is 7.23. The molecule has 2 nitrogen and oxygen atoms in total. The van der Waals surface area contributed by atoms with Crippen molar-refractivity contribution in [2.45, 2.75) is 18.3 Å². The predicted octanol–water partition coefficient (Wildman–Crippen LogP) is 3.12. The molecule has 22 heavy (non-hydrogen) atoms. The lowest BCUT2D eigenvalue weighted by Gasteiger charge is -2.36. The molecule has 0 amide bonds. The highest BCUT2D eigenvalue weighted by atomic mass is 19.1. The van der Waals surface area contributed by atoms with Gasteiger partial charge in [0, 0.05) is 0 Å². The van der Waals surface area contributed by atoms with E-state index in [1.165, 1.54) is 24.3 Å². The van der Waals surface area contributed by atoms with Crippen LogP contribution in [0.15, 0.2) is 59.3 Å². The molecule has 2 aliphatic rings. The van der Waals surface area contributed by atoms with Crippen molar-refractivity contribution >= 4 is 5.78 Å². The second-order valence-corrected chi connectivity index (χ2v) is 5.51. The summed E-state index contributed by atoms with van der Waals surface area (Å²) < 4.78 is 26.2. The number of hydrogen-bond acceptors (Lipinski definition) is 2. The van der Waals surface area contributed by atoms with E-state index in [1.54, 1.807) is 12.1 Å². The lowest BCUT2D eigenvalue weighted by atomic mass is 9.68. The van der Waals surface area contributed by atoms with Crippen molar-refractivity contribution in [2.75, 3.05) is 13.1 Å². The van der Waals surface area contributed by atoms with E-state index in [-0.39, 0.29) is 11.6 Å². The summed E-state index contributed by atoms with van der Waals surface area (Å²) in [6.45, 7) is 1.40. The molecule has 0 spiro atoms. The first kappa shape index (κ1) is 14.7. The predicted molar refractivity (Wildman–Crippen MR) is 79.5 cm³/mol. The van der Waals surface area contributed by atoms with Gasteiger partial charge in [-0.25, -0.2) is 4.39 Å². The molecule has 4 heteroatoms. The number of carbonyl (C=O) groups excluding carboxylic acids is 1. The Morgan fingerprint density at radius 1 is 1.05 bits per heavy atom. The number of carbonyl (C=O) groups is 1. The molecule has 3 rings (SSSR count). The van der Waals surface area contributed by atoms with Gasteiger partial charge in [-0.05, 0) is 61.5 Å². The third kappa shape index (κ3) is 2.60. The van der Waals surface area contributed by atoms with Gasteiger partial charge in [0.25, 0.3) is 0 Å². The lowest BCUT2D eigenvalue weighted by Crippen LogP contribution is -2.46. The maximum Gasteiger partial charge on any atom is 0.181 e. The van der Waals surface area contributed by atoms with Crippen molar-refractivity contribution in [1.29, 1.82) is 0 Å². The van der Waals surface area contributed by atoms with E-state index in [1.807, 2.05) is 0 Å². The Bertz CT molecular complexity index is 727. The van der Waals surface area contributed by atoms with Crippen molar-refractivity contribution < 1.29 is 13.6 Å². The maximum absolute atomic E-state index is 13.2. The van der Waals surface area contributed by atoms with Crippen LogP contribution in [0.2, 0.25) is 0 Å². The first-order valence-electron chi connectivity index (χ1n) is 7.23. The van der Waals surface area contributed by atoms with Gasteiger partial charge in [0.2, 0.25) is 0 Å². The monoisotopic (exact) mass is 299 g/mol. The third-order valence-corrected chi connectivity index (χ3v) is 4.25. The quantitative estimate of drug-likeness (QED) is 0.869. The fraction of sp³-hybridized carbons (Fsp3) is 0.278. The third-order valence-electron chi connectivity index (χ3n) is 4.25. The number of benzene rings is 1. The normalized spacial score (nSPS) is 19.5. The van der Waals surface area contributed by atoms with Crippen molar-refractivity contribution in [3.63, 3.8) is 0 Å². The van der Waals surface area contributed by atoms with Crippen LogP contribution in [0, 0.1) is 5.82 Å². The highest BCUT2D eigenvalue weighted by Gasteiger charge is 2.42. The SMILES string of the molecule is O=C(C1=C=C=C(F)C=C1)C1(c2ccc(F)cc2)CCNCC1. The summed E-state index contributed by atoms with van der Waals surface area (Å²) in [5.74, 6) is -0.989. The molecule has 112 valence electrons. The first-order chi connectivity index (χ1) is 10.6. The number of rotatable bonds is 3. The number of nitrogens with one attached hydrogen (secondary N) is 1. The van der Waals surface area contributed by atoms with Crippen molar-refractivity contribution in [3.05, 3.63) is 70.7 Å². The molecule has 1 heterocycles. The zero-order valence-corrected chi connectivity index (χ0v) is 12.0. The Labute approximate surface area is 127 Å². The van der Waals surface area contributed by atoms with Crippen LogP contribution in [-0.2, 0) is 10.2 Å². The van der Waals surface area contributed by atoms with E-state index in [9.17, 15) is 13.6 Å². The van der Waals surface area contributed by atoms with Gasteiger partial charge in [0.1, 0.15) is 5.82 Å². The van der Waals surface area contributed by atoms with Gasteiger partial charge >= 0.3 is 0 Å². The highest BCUT2D eigenvalue weighted by molar-refractivity contribution is 6.05. The molecule has 1 saturated heterocycles. The smallest absolute Gasteiger partial charge is 0.181 e. The molecule has 0 unspecified atom stereocenters. The molecule has 1 aliphatic carbocycles. The molecular weight excluding hydrogens is 284 g/mol. The zero-order chi connectivity index (χ0) is 15.6. The molecule has 1 aromatic rings. The van der Waals surface area contributed by atoms with Gasteiger partial charge in [-0.3, -0.25) is 4.79 Å². The van der Waals surface area contributed by atoms with Crippen LogP contribution in [0.25, 0.3) is 0 Å². The van der Waals surface area contributed by atoms with Gasteiger partial charge in [-0.2, -0.15) is 4.39 Å². The van der Waals surface area contributed by atoms with Gasteiger partial charge in [0.05, 0.1) is 11.0 Å². The van der Waals surface area contributed by atoms with E-state index in [0.717, 1.165) is 5.56 Å². The van der Waals surface area contributed by atoms with Crippen LogP contribution in [0.4, 0.5) is 8.78 Å². The minimum Gasteiger partial charge on any atom is -0.317 e. The summed E-state index contributed by atoms with van der Waals surface area (Å²) in [6, 6.07) is 6.05. The molecule has 0 saturated carbocycles. The summed E-state index contributed by atoms with van der Waals surface area (Å²) in [5, 5.41) is 3.23. The Morgan fingerprint density at radius 2 is 1.73 bits per heavy atom. The van der Waals surface area contributed by atoms with Crippen LogP contribution in [0.5, 0.6) is 0 Å². The number of allylic oxidation sites excluding steroid dienone is 4. The summed E-state index contributed by atoms with van der Waals surface area (Å²) in [5.41, 5.74) is 5.29. The van der Waals surface area contributed by atoms with Crippen LogP contribution in [-0.4, -0.2) is 18.9 Å². The molecule has 0 atom stereocenters. The summed E-state index contributed by atoms with van der Waals surface area (Å²) in [4.78, 5) is 13.0. The van der Waals surface area contributed by atoms with Gasteiger partial charge in [-0.1, -0.05) is 17.9 Å². The van der Waals surface area contributed by atoms with Crippen LogP contribution >= 0.6 is 0 Å². The fourth-order valence-corrected chi connectivity index (χ4v) is 3.03. The summed E-state index contributed by atoms with van der Waals surface area (Å²) in [6.07, 6.45) is 3.87. The Balaban J connectivity index is 2.07. The Hall–Kier alpha value is -2.25. The average Bonchev–Trinajstić information content (AvgIpc) is 2.56. The summed E-state index contributed by atoms with van der Waals surface area (Å²) >= 11 is 0. The average molecular weight is 299 g/mol. The zero-order valence-electron chi connectivity index (χ0n) is 12.0. The Kier molecular flexibility index (Phi) is 3.91. The Morgan fingerprint density at radius 3 is 2.32 bits per heavy atom. The molecular formula is C18H15F2NO. The van der Waals surface area contributed by atoms with Crippen LogP contribution < -0.4 is 5.32 Å². The van der Waals surface area contributed by atoms with E-state index >= 15 is 0 Å². The number of halogens is 2. The minimum absolute atomic E-state index is 0.114. The second kappa shape index (κ2) is 5.86. The standard InChI is InChI=1S/C18H15F2NO/c19-15-5-1-13(2-6-15)17(22)18(9-11-21-12-10-18)14-3-7-16(20)8-4-14/h1,3-5,7-8,21H,9-12H2. The molecule has 0 radical (unpaired) electrons. The molecule has 1 aliphatic heterocycles. The summed E-state index contributed by atoms with van der Waals surface area (Å²) in [7, 11) is 0. The van der Waals surface area contributed by atoms with E-state index in [4.69, 9.17) is 0 Å². The largest absolute Gasteiger partial charge is 0.317 e. The second-order valence-electron chi connectivity index (χ2n) is 5.51. The number of piperidine rings is 1. The molecule has 0 bridgehead atoms. The van der Waals surface area contributed by atoms with Gasteiger partial charge < -0.3 is 5.32 Å². The van der Waals surface area contributed by atoms with Crippen molar-refractivity contribution in [3.8, 4) is 0 Å². The number of Topliss-reactive ketones (excluding diaryl/α,β-unsaturated/α-hetero) is 1. The van der Waals surface area contributed by atoms with E-state index in [2.05, 4.69) is 16.8 Å². The molecule has 1 N–H and O–H groups in total. The lowest BCUT2D eigenvalue weighted by molar-refractivity contribution is -0.121. The van der Waals surface area contributed by atoms with Crippen LogP contribution in [0.3, 0.4) is 0 Å².